The highest BCUT2D eigenvalue weighted by atomic mass is 15.0. The number of rotatable bonds is 6. The van der Waals surface area contributed by atoms with Crippen molar-refractivity contribution in [2.45, 2.75) is 13.8 Å². The van der Waals surface area contributed by atoms with Crippen molar-refractivity contribution in [1.29, 1.82) is 0 Å². The van der Waals surface area contributed by atoms with Gasteiger partial charge in [0.1, 0.15) is 0 Å². The summed E-state index contributed by atoms with van der Waals surface area (Å²) in [6, 6.07) is 56.7. The third-order valence-corrected chi connectivity index (χ3v) is 9.50. The Balaban J connectivity index is 1.04. The normalized spacial score (nSPS) is 11.3. The second-order valence-electron chi connectivity index (χ2n) is 13.1. The number of benzene rings is 6. The molecule has 0 saturated heterocycles. The van der Waals surface area contributed by atoms with Gasteiger partial charge in [-0.3, -0.25) is 9.97 Å². The molecule has 9 rings (SSSR count). The number of hydrogen-bond donors (Lipinski definition) is 0. The molecule has 52 heavy (non-hydrogen) atoms. The third kappa shape index (κ3) is 5.99. The van der Waals surface area contributed by atoms with E-state index in [0.717, 1.165) is 77.7 Å². The molecule has 0 radical (unpaired) electrons. The van der Waals surface area contributed by atoms with Gasteiger partial charge >= 0.3 is 0 Å². The fraction of sp³-hybridized carbons (Fsp3) is 0.0426. The lowest BCUT2D eigenvalue weighted by atomic mass is 9.96. The van der Waals surface area contributed by atoms with Crippen LogP contribution in [-0.2, 0) is 0 Å². The molecule has 3 aromatic heterocycles. The zero-order chi connectivity index (χ0) is 35.0. The van der Waals surface area contributed by atoms with Crippen LogP contribution in [0.4, 0.5) is 0 Å². The van der Waals surface area contributed by atoms with Crippen molar-refractivity contribution in [1.82, 2.24) is 24.9 Å². The van der Waals surface area contributed by atoms with E-state index in [9.17, 15) is 0 Å². The predicted octanol–water partition coefficient (Wildman–Crippen LogP) is 11.6. The first kappa shape index (κ1) is 31.2. The van der Waals surface area contributed by atoms with Crippen LogP contribution >= 0.6 is 0 Å². The summed E-state index contributed by atoms with van der Waals surface area (Å²) in [6.07, 6.45) is 0. The maximum atomic E-state index is 4.97. The molecule has 5 heteroatoms. The van der Waals surface area contributed by atoms with Gasteiger partial charge in [-0.25, -0.2) is 15.0 Å². The lowest BCUT2D eigenvalue weighted by molar-refractivity contribution is 1.07. The Morgan fingerprint density at radius 1 is 0.308 bits per heavy atom. The molecular formula is C47H33N5. The first-order valence-electron chi connectivity index (χ1n) is 17.4. The Labute approximate surface area is 302 Å². The molecule has 0 aliphatic rings. The lowest BCUT2D eigenvalue weighted by Gasteiger charge is -2.12. The van der Waals surface area contributed by atoms with Crippen molar-refractivity contribution in [2.75, 3.05) is 0 Å². The molecule has 5 nitrogen and oxygen atoms in total. The fourth-order valence-electron chi connectivity index (χ4n) is 6.78. The monoisotopic (exact) mass is 667 g/mol. The van der Waals surface area contributed by atoms with E-state index in [2.05, 4.69) is 121 Å². The number of hydrogen-bond acceptors (Lipinski definition) is 5. The Kier molecular flexibility index (Phi) is 7.86. The quantitative estimate of drug-likeness (QED) is 0.165. The molecular weight excluding hydrogens is 635 g/mol. The van der Waals surface area contributed by atoms with E-state index in [0.29, 0.717) is 17.5 Å². The van der Waals surface area contributed by atoms with E-state index < -0.39 is 0 Å². The molecule has 0 saturated carbocycles. The van der Waals surface area contributed by atoms with Gasteiger partial charge in [0.2, 0.25) is 0 Å². The van der Waals surface area contributed by atoms with Crippen LogP contribution in [0.2, 0.25) is 0 Å². The Morgan fingerprint density at radius 2 is 0.712 bits per heavy atom. The molecule has 0 aliphatic carbocycles. The van der Waals surface area contributed by atoms with E-state index in [4.69, 9.17) is 24.9 Å². The molecule has 0 aliphatic heterocycles. The first-order valence-corrected chi connectivity index (χ1v) is 17.4. The third-order valence-electron chi connectivity index (χ3n) is 9.50. The highest BCUT2D eigenvalue weighted by molar-refractivity contribution is 6.08. The van der Waals surface area contributed by atoms with Crippen LogP contribution in [0.3, 0.4) is 0 Å². The summed E-state index contributed by atoms with van der Waals surface area (Å²) >= 11 is 0. The van der Waals surface area contributed by atoms with Gasteiger partial charge < -0.3 is 0 Å². The molecule has 0 atom stereocenters. The average Bonchev–Trinajstić information content (AvgIpc) is 3.21. The minimum Gasteiger partial charge on any atom is -0.251 e. The van der Waals surface area contributed by atoms with E-state index in [1.54, 1.807) is 0 Å². The molecule has 9 aromatic rings. The molecule has 0 spiro atoms. The smallest absolute Gasteiger partial charge is 0.164 e. The summed E-state index contributed by atoms with van der Waals surface area (Å²) in [6.45, 7) is 4.07. The van der Waals surface area contributed by atoms with Gasteiger partial charge in [0.05, 0.1) is 11.0 Å². The molecule has 246 valence electrons. The summed E-state index contributed by atoms with van der Waals surface area (Å²) in [5, 5.41) is 2.20. The van der Waals surface area contributed by atoms with Crippen LogP contribution in [0.5, 0.6) is 0 Å². The number of nitrogens with zero attached hydrogens (tertiary/aromatic N) is 5. The van der Waals surface area contributed by atoms with Crippen molar-refractivity contribution >= 4 is 21.8 Å². The van der Waals surface area contributed by atoms with Crippen molar-refractivity contribution in [3.63, 3.8) is 0 Å². The summed E-state index contributed by atoms with van der Waals surface area (Å²) in [4.78, 5) is 24.6. The van der Waals surface area contributed by atoms with Gasteiger partial charge in [0, 0.05) is 38.9 Å². The van der Waals surface area contributed by atoms with Gasteiger partial charge in [-0.2, -0.15) is 0 Å². The van der Waals surface area contributed by atoms with Crippen molar-refractivity contribution in [2.24, 2.45) is 0 Å². The van der Waals surface area contributed by atoms with Crippen LogP contribution in [0.15, 0.2) is 164 Å². The maximum absolute atomic E-state index is 4.97. The van der Waals surface area contributed by atoms with Crippen LogP contribution in [-0.4, -0.2) is 24.9 Å². The van der Waals surface area contributed by atoms with E-state index in [-0.39, 0.29) is 0 Å². The van der Waals surface area contributed by atoms with E-state index >= 15 is 0 Å². The summed E-state index contributed by atoms with van der Waals surface area (Å²) in [5.74, 6) is 1.92. The Morgan fingerprint density at radius 3 is 1.25 bits per heavy atom. The minimum absolute atomic E-state index is 0.634. The van der Waals surface area contributed by atoms with Crippen LogP contribution in [0.25, 0.3) is 89.4 Å². The molecule has 0 N–H and O–H groups in total. The van der Waals surface area contributed by atoms with Crippen molar-refractivity contribution in [3.05, 3.63) is 175 Å². The number of aryl methyl sites for hydroxylation is 2. The van der Waals surface area contributed by atoms with E-state index in [1.165, 1.54) is 5.56 Å². The van der Waals surface area contributed by atoms with Gasteiger partial charge in [-0.1, -0.05) is 152 Å². The second-order valence-corrected chi connectivity index (χ2v) is 13.1. The number of aromatic nitrogens is 5. The SMILES string of the molecule is Cc1ccc2ccc3c(-c4ccc(-c5ccc(-c6nc(-c7ccccc7)nc(-c7ccc(-c8ccccc8)cc7)n6)cc5)cc4)cc(C)nc3c2n1. The lowest BCUT2D eigenvalue weighted by Crippen LogP contribution is -2.00. The summed E-state index contributed by atoms with van der Waals surface area (Å²) < 4.78 is 0. The highest BCUT2D eigenvalue weighted by Gasteiger charge is 2.14. The van der Waals surface area contributed by atoms with Crippen LogP contribution in [0, 0.1) is 13.8 Å². The maximum Gasteiger partial charge on any atom is 0.164 e. The largest absolute Gasteiger partial charge is 0.251 e. The predicted molar refractivity (Wildman–Crippen MR) is 213 cm³/mol. The molecule has 0 bridgehead atoms. The average molecular weight is 668 g/mol. The topological polar surface area (TPSA) is 64.5 Å². The molecule has 0 amide bonds. The van der Waals surface area contributed by atoms with Crippen molar-refractivity contribution < 1.29 is 0 Å². The number of pyridine rings is 2. The second kappa shape index (κ2) is 13.1. The minimum atomic E-state index is 0.634. The van der Waals surface area contributed by atoms with Gasteiger partial charge in [0.25, 0.3) is 0 Å². The summed E-state index contributed by atoms with van der Waals surface area (Å²) in [5.41, 5.74) is 13.5. The Bertz CT molecular complexity index is 2710. The van der Waals surface area contributed by atoms with E-state index in [1.807, 2.05) is 56.3 Å². The highest BCUT2D eigenvalue weighted by Crippen LogP contribution is 2.34. The first-order chi connectivity index (χ1) is 25.6. The standard InChI is InChI=1S/C47H33N5/c1-30-13-14-37-27-28-41-42(29-31(2)49-44(41)43(37)48-30)36-21-15-34(16-22-36)35-19-25-40(26-20-35)47-51-45(38-11-7-4-8-12-38)50-46(52-47)39-23-17-33(18-24-39)32-9-5-3-6-10-32/h3-29H,1-2H3. The molecule has 0 unspecified atom stereocenters. The fourth-order valence-corrected chi connectivity index (χ4v) is 6.78. The van der Waals surface area contributed by atoms with Gasteiger partial charge in [-0.15, -0.1) is 0 Å². The number of fused-ring (bicyclic) bond motifs is 3. The van der Waals surface area contributed by atoms with Crippen LogP contribution in [0.1, 0.15) is 11.4 Å². The Hall–Kier alpha value is -6.85. The molecule has 6 aromatic carbocycles. The zero-order valence-corrected chi connectivity index (χ0v) is 28.8. The zero-order valence-electron chi connectivity index (χ0n) is 28.8. The van der Waals surface area contributed by atoms with Crippen LogP contribution < -0.4 is 0 Å². The van der Waals surface area contributed by atoms with Crippen molar-refractivity contribution in [3.8, 4) is 67.5 Å². The molecule has 0 fully saturated rings. The van der Waals surface area contributed by atoms with Gasteiger partial charge in [0.15, 0.2) is 17.5 Å². The van der Waals surface area contributed by atoms with Gasteiger partial charge in [-0.05, 0) is 59.4 Å². The summed E-state index contributed by atoms with van der Waals surface area (Å²) in [7, 11) is 0. The molecule has 3 heterocycles.